The fourth-order valence-corrected chi connectivity index (χ4v) is 3.03. The zero-order valence-corrected chi connectivity index (χ0v) is 13.0. The number of nitriles is 1. The first-order valence-corrected chi connectivity index (χ1v) is 7.56. The summed E-state index contributed by atoms with van der Waals surface area (Å²) in [6, 6.07) is 14.6. The van der Waals surface area contributed by atoms with Crippen molar-refractivity contribution < 1.29 is 9.53 Å². The van der Waals surface area contributed by atoms with E-state index in [1.54, 1.807) is 29.9 Å². The van der Waals surface area contributed by atoms with Gasteiger partial charge in [-0.3, -0.25) is 0 Å². The van der Waals surface area contributed by atoms with Gasteiger partial charge in [0.15, 0.2) is 0 Å². The molecule has 118 valence electrons. The number of ether oxygens (including phenoxy) is 1. The molecule has 1 aliphatic heterocycles. The Balaban J connectivity index is 1.71. The summed E-state index contributed by atoms with van der Waals surface area (Å²) < 4.78 is 6.75. The van der Waals surface area contributed by atoms with E-state index >= 15 is 0 Å². The number of amides is 1. The lowest BCUT2D eigenvalue weighted by atomic mass is 10.1. The number of nitrogens with zero attached hydrogens (tertiary/aromatic N) is 3. The largest absolute Gasteiger partial charge is 0.497 e. The van der Waals surface area contributed by atoms with E-state index in [2.05, 4.69) is 16.4 Å². The zero-order valence-electron chi connectivity index (χ0n) is 13.0. The lowest BCUT2D eigenvalue weighted by Crippen LogP contribution is -2.22. The van der Waals surface area contributed by atoms with E-state index in [0.717, 1.165) is 16.8 Å². The number of benzene rings is 2. The molecule has 6 nitrogen and oxygen atoms in total. The van der Waals surface area contributed by atoms with Gasteiger partial charge >= 0.3 is 6.03 Å². The van der Waals surface area contributed by atoms with Crippen molar-refractivity contribution >= 4 is 17.1 Å². The van der Waals surface area contributed by atoms with Crippen molar-refractivity contribution in [2.24, 2.45) is 0 Å². The first-order chi connectivity index (χ1) is 11.7. The van der Waals surface area contributed by atoms with Gasteiger partial charge in [-0.2, -0.15) is 5.26 Å². The average molecular weight is 318 g/mol. The van der Waals surface area contributed by atoms with E-state index in [1.807, 2.05) is 24.3 Å². The number of carbonyl (C=O) groups is 1. The molecule has 0 aliphatic carbocycles. The van der Waals surface area contributed by atoms with Crippen molar-refractivity contribution in [1.29, 1.82) is 5.26 Å². The van der Waals surface area contributed by atoms with Crippen LogP contribution in [-0.2, 0) is 6.42 Å². The minimum Gasteiger partial charge on any atom is -0.497 e. The van der Waals surface area contributed by atoms with Gasteiger partial charge in [0.1, 0.15) is 11.6 Å². The van der Waals surface area contributed by atoms with Crippen LogP contribution in [0.1, 0.15) is 23.0 Å². The summed E-state index contributed by atoms with van der Waals surface area (Å²) in [6.45, 7) is 0. The van der Waals surface area contributed by atoms with Crippen molar-refractivity contribution in [3.05, 3.63) is 59.4 Å². The molecule has 6 heteroatoms. The number of fused-ring (bicyclic) bond motifs is 3. The highest BCUT2D eigenvalue weighted by Gasteiger charge is 2.32. The van der Waals surface area contributed by atoms with Gasteiger partial charge in [0.25, 0.3) is 0 Å². The van der Waals surface area contributed by atoms with Crippen LogP contribution in [0.4, 0.5) is 4.79 Å². The number of methoxy groups -OCH3 is 1. The van der Waals surface area contributed by atoms with E-state index in [4.69, 9.17) is 10.00 Å². The quantitative estimate of drug-likeness (QED) is 0.805. The summed E-state index contributed by atoms with van der Waals surface area (Å²) in [5, 5.41) is 12.0. The highest BCUT2D eigenvalue weighted by Crippen LogP contribution is 2.29. The standard InChI is InChI=1S/C18H14N4O2/c1-24-13-5-2-11(3-6-13)8-15-17-20-14-9-12(10-19)4-7-16(14)22(17)18(23)21-15/h2-7,9,15H,8H2,1H3,(H,21,23)/t15-/m1/s1. The van der Waals surface area contributed by atoms with Crippen molar-refractivity contribution in [2.75, 3.05) is 7.11 Å². The molecule has 1 atom stereocenters. The van der Waals surface area contributed by atoms with Crippen molar-refractivity contribution in [3.63, 3.8) is 0 Å². The summed E-state index contributed by atoms with van der Waals surface area (Å²) in [7, 11) is 1.63. The molecule has 0 saturated carbocycles. The highest BCUT2D eigenvalue weighted by molar-refractivity contribution is 5.93. The Labute approximate surface area is 138 Å². The minimum atomic E-state index is -0.191. The Morgan fingerprint density at radius 3 is 2.79 bits per heavy atom. The Hall–Kier alpha value is -3.33. The molecule has 1 N–H and O–H groups in total. The fraction of sp³-hybridized carbons (Fsp3) is 0.167. The minimum absolute atomic E-state index is 0.185. The molecule has 0 saturated heterocycles. The third kappa shape index (κ3) is 2.18. The molecular weight excluding hydrogens is 304 g/mol. The number of hydrogen-bond acceptors (Lipinski definition) is 4. The lowest BCUT2D eigenvalue weighted by Gasteiger charge is -2.09. The summed E-state index contributed by atoms with van der Waals surface area (Å²) in [5.41, 5.74) is 3.00. The molecule has 1 aromatic heterocycles. The first-order valence-electron chi connectivity index (χ1n) is 7.56. The number of hydrogen-bond donors (Lipinski definition) is 1. The molecule has 3 aromatic rings. The third-order valence-electron chi connectivity index (χ3n) is 4.22. The summed E-state index contributed by atoms with van der Waals surface area (Å²) >= 11 is 0. The number of carbonyl (C=O) groups excluding carboxylic acids is 1. The maximum atomic E-state index is 12.3. The Kier molecular flexibility index (Phi) is 3.21. The molecule has 0 spiro atoms. The molecule has 4 rings (SSSR count). The second-order valence-electron chi connectivity index (χ2n) is 5.67. The maximum absolute atomic E-state index is 12.3. The van der Waals surface area contributed by atoms with Crippen LogP contribution >= 0.6 is 0 Å². The molecule has 24 heavy (non-hydrogen) atoms. The molecule has 2 aromatic carbocycles. The predicted octanol–water partition coefficient (Wildman–Crippen LogP) is 2.77. The van der Waals surface area contributed by atoms with Gasteiger partial charge in [-0.25, -0.2) is 14.3 Å². The maximum Gasteiger partial charge on any atom is 0.328 e. The number of aromatic nitrogens is 2. The van der Waals surface area contributed by atoms with Gasteiger partial charge in [0.2, 0.25) is 0 Å². The predicted molar refractivity (Wildman–Crippen MR) is 87.8 cm³/mol. The molecule has 0 fully saturated rings. The monoisotopic (exact) mass is 318 g/mol. The Morgan fingerprint density at radius 1 is 1.29 bits per heavy atom. The van der Waals surface area contributed by atoms with Crippen LogP contribution < -0.4 is 10.1 Å². The van der Waals surface area contributed by atoms with E-state index in [0.29, 0.717) is 23.3 Å². The van der Waals surface area contributed by atoms with E-state index < -0.39 is 0 Å². The van der Waals surface area contributed by atoms with Crippen LogP contribution in [0.5, 0.6) is 5.75 Å². The number of imidazole rings is 1. The molecular formula is C18H14N4O2. The Morgan fingerprint density at radius 2 is 2.08 bits per heavy atom. The molecule has 0 unspecified atom stereocenters. The van der Waals surface area contributed by atoms with Gasteiger partial charge in [0, 0.05) is 0 Å². The summed E-state index contributed by atoms with van der Waals surface area (Å²) in [4.78, 5) is 16.9. The van der Waals surface area contributed by atoms with Crippen LogP contribution in [0.3, 0.4) is 0 Å². The first kappa shape index (κ1) is 14.3. The normalized spacial score (nSPS) is 15.8. The van der Waals surface area contributed by atoms with Crippen LogP contribution in [0.25, 0.3) is 11.0 Å². The van der Waals surface area contributed by atoms with Crippen LogP contribution in [-0.4, -0.2) is 22.7 Å². The topological polar surface area (TPSA) is 79.9 Å². The van der Waals surface area contributed by atoms with Crippen molar-refractivity contribution in [2.45, 2.75) is 12.5 Å². The summed E-state index contributed by atoms with van der Waals surface area (Å²) in [5.74, 6) is 1.48. The second-order valence-corrected chi connectivity index (χ2v) is 5.67. The summed E-state index contributed by atoms with van der Waals surface area (Å²) in [6.07, 6.45) is 0.643. The smallest absolute Gasteiger partial charge is 0.328 e. The van der Waals surface area contributed by atoms with E-state index in [-0.39, 0.29) is 12.1 Å². The third-order valence-corrected chi connectivity index (χ3v) is 4.22. The SMILES string of the molecule is COc1ccc(C[C@H]2NC(=O)n3c2nc2cc(C#N)ccc23)cc1. The fourth-order valence-electron chi connectivity index (χ4n) is 3.03. The van der Waals surface area contributed by atoms with Gasteiger partial charge in [-0.1, -0.05) is 12.1 Å². The average Bonchev–Trinajstić information content (AvgIpc) is 3.13. The molecule has 1 amide bonds. The number of nitrogens with one attached hydrogen (secondary N) is 1. The number of rotatable bonds is 3. The van der Waals surface area contributed by atoms with Gasteiger partial charge in [0.05, 0.1) is 35.8 Å². The molecule has 0 radical (unpaired) electrons. The van der Waals surface area contributed by atoms with E-state index in [1.165, 1.54) is 0 Å². The van der Waals surface area contributed by atoms with Gasteiger partial charge < -0.3 is 10.1 Å². The zero-order chi connectivity index (χ0) is 16.7. The van der Waals surface area contributed by atoms with Crippen molar-refractivity contribution in [1.82, 2.24) is 14.9 Å². The highest BCUT2D eigenvalue weighted by atomic mass is 16.5. The van der Waals surface area contributed by atoms with Gasteiger partial charge in [-0.05, 0) is 42.3 Å². The van der Waals surface area contributed by atoms with Crippen LogP contribution in [0, 0.1) is 11.3 Å². The van der Waals surface area contributed by atoms with Crippen LogP contribution in [0.15, 0.2) is 42.5 Å². The van der Waals surface area contributed by atoms with E-state index in [9.17, 15) is 4.79 Å². The molecule has 0 bridgehead atoms. The Bertz CT molecular complexity index is 983. The van der Waals surface area contributed by atoms with Crippen molar-refractivity contribution in [3.8, 4) is 11.8 Å². The van der Waals surface area contributed by atoms with Gasteiger partial charge in [-0.15, -0.1) is 0 Å². The second kappa shape index (κ2) is 5.39. The van der Waals surface area contributed by atoms with Crippen LogP contribution in [0.2, 0.25) is 0 Å². The lowest BCUT2D eigenvalue weighted by molar-refractivity contribution is 0.245. The molecule has 1 aliphatic rings. The molecule has 2 heterocycles.